The third-order valence-electron chi connectivity index (χ3n) is 5.98. The molecule has 3 aromatic carbocycles. The molecule has 1 aliphatic heterocycles. The van der Waals surface area contributed by atoms with Crippen LogP contribution >= 0.6 is 0 Å². The van der Waals surface area contributed by atoms with Crippen LogP contribution in [0.4, 0.5) is 5.69 Å². The lowest BCUT2D eigenvalue weighted by atomic mass is 9.85. The molecule has 2 N–H and O–H groups in total. The molecule has 35 heavy (non-hydrogen) atoms. The summed E-state index contributed by atoms with van der Waals surface area (Å²) in [5.74, 6) is 0.459. The van der Waals surface area contributed by atoms with Gasteiger partial charge in [-0.3, -0.25) is 14.6 Å². The molecule has 1 heterocycles. The molecule has 6 heteroatoms. The molecule has 0 unspecified atom stereocenters. The maximum absolute atomic E-state index is 13.2. The highest BCUT2D eigenvalue weighted by molar-refractivity contribution is 6.17. The largest absolute Gasteiger partial charge is 0.497 e. The summed E-state index contributed by atoms with van der Waals surface area (Å²) in [5.41, 5.74) is 4.54. The highest BCUT2D eigenvalue weighted by atomic mass is 16.5. The molecule has 3 aromatic rings. The van der Waals surface area contributed by atoms with E-state index in [0.717, 1.165) is 34.7 Å². The molecule has 0 spiro atoms. The molecular weight excluding hydrogens is 438 g/mol. The maximum Gasteiger partial charge on any atom is 0.251 e. The van der Waals surface area contributed by atoms with E-state index in [0.29, 0.717) is 24.2 Å². The number of carbonyl (C=O) groups excluding carboxylic acids is 2. The summed E-state index contributed by atoms with van der Waals surface area (Å²) in [6, 6.07) is 22.6. The number of Topliss-reactive ketones (excluding diaryl/α,β-unsaturated/α-hetero) is 1. The van der Waals surface area contributed by atoms with Gasteiger partial charge in [-0.25, -0.2) is 0 Å². The number of methoxy groups -OCH3 is 1. The second-order valence-corrected chi connectivity index (χ2v) is 9.30. The van der Waals surface area contributed by atoms with Gasteiger partial charge in [-0.15, -0.1) is 0 Å². The smallest absolute Gasteiger partial charge is 0.251 e. The Morgan fingerprint density at radius 3 is 2.49 bits per heavy atom. The number of rotatable bonds is 9. The molecule has 0 atom stereocenters. The summed E-state index contributed by atoms with van der Waals surface area (Å²) >= 11 is 0. The summed E-state index contributed by atoms with van der Waals surface area (Å²) in [4.78, 5) is 30.8. The van der Waals surface area contributed by atoms with Crippen LogP contribution in [0.15, 0.2) is 77.8 Å². The van der Waals surface area contributed by atoms with Gasteiger partial charge in [-0.05, 0) is 62.2 Å². The Bertz CT molecular complexity index is 1250. The molecule has 6 nitrogen and oxygen atoms in total. The number of ether oxygens (including phenoxy) is 1. The topological polar surface area (TPSA) is 79.8 Å². The van der Waals surface area contributed by atoms with Crippen LogP contribution < -0.4 is 15.4 Å². The minimum Gasteiger partial charge on any atom is -0.497 e. The van der Waals surface area contributed by atoms with Crippen molar-refractivity contribution in [3.8, 4) is 5.75 Å². The third kappa shape index (κ3) is 6.15. The zero-order valence-corrected chi connectivity index (χ0v) is 20.4. The first-order valence-corrected chi connectivity index (χ1v) is 11.8. The number of benzene rings is 3. The van der Waals surface area contributed by atoms with E-state index in [4.69, 9.17) is 9.73 Å². The number of hydrogen-bond acceptors (Lipinski definition) is 5. The number of nitrogens with zero attached hydrogens (tertiary/aromatic N) is 1. The number of anilines is 1. The van der Waals surface area contributed by atoms with E-state index in [2.05, 4.69) is 24.5 Å². The van der Waals surface area contributed by atoms with Crippen LogP contribution in [0.25, 0.3) is 0 Å². The van der Waals surface area contributed by atoms with Gasteiger partial charge in [-0.1, -0.05) is 36.4 Å². The van der Waals surface area contributed by atoms with Crippen LogP contribution in [0, 0.1) is 0 Å². The van der Waals surface area contributed by atoms with Crippen molar-refractivity contribution in [2.24, 2.45) is 4.99 Å². The Morgan fingerprint density at radius 1 is 0.943 bits per heavy atom. The Morgan fingerprint density at radius 2 is 1.71 bits per heavy atom. The number of ketones is 1. The molecule has 0 fully saturated rings. The quantitative estimate of drug-likeness (QED) is 0.344. The fourth-order valence-electron chi connectivity index (χ4n) is 4.30. The summed E-state index contributed by atoms with van der Waals surface area (Å²) in [5, 5.41) is 6.16. The van der Waals surface area contributed by atoms with Gasteiger partial charge in [0.15, 0.2) is 5.78 Å². The van der Waals surface area contributed by atoms with Crippen molar-refractivity contribution in [3.63, 3.8) is 0 Å². The highest BCUT2D eigenvalue weighted by Crippen LogP contribution is 2.31. The predicted octanol–water partition coefficient (Wildman–Crippen LogP) is 4.93. The first-order chi connectivity index (χ1) is 16.8. The predicted molar refractivity (Wildman–Crippen MR) is 140 cm³/mol. The van der Waals surface area contributed by atoms with Crippen molar-refractivity contribution < 1.29 is 14.3 Å². The number of aliphatic imine (C=N–C) groups is 1. The average Bonchev–Trinajstić information content (AvgIpc) is 2.86. The van der Waals surface area contributed by atoms with E-state index in [-0.39, 0.29) is 23.7 Å². The number of fused-ring (bicyclic) bond motifs is 1. The van der Waals surface area contributed by atoms with Crippen molar-refractivity contribution >= 4 is 23.1 Å². The lowest BCUT2D eigenvalue weighted by Crippen LogP contribution is -2.30. The minimum atomic E-state index is -0.285. The summed E-state index contributed by atoms with van der Waals surface area (Å²) in [6.07, 6.45) is 0.967. The molecule has 180 valence electrons. The molecular formula is C29H31N3O3. The summed E-state index contributed by atoms with van der Waals surface area (Å²) in [7, 11) is 1.63. The standard InChI is InChI=1S/C29H31N3O3/c1-29(2)19-22-12-13-24(35-3)17-25(22)26(32-29)18-27(33)20-8-7-9-21(16-20)28(34)31-15-14-30-23-10-5-4-6-11-23/h4-13,16-17,30H,14-15,18-19H2,1-3H3,(H,31,34). The van der Waals surface area contributed by atoms with Gasteiger partial charge in [-0.2, -0.15) is 0 Å². The zero-order valence-electron chi connectivity index (χ0n) is 20.4. The van der Waals surface area contributed by atoms with Crippen molar-refractivity contribution in [1.82, 2.24) is 5.32 Å². The minimum absolute atomic E-state index is 0.0735. The van der Waals surface area contributed by atoms with Crippen LogP contribution in [0.3, 0.4) is 0 Å². The maximum atomic E-state index is 13.2. The van der Waals surface area contributed by atoms with Crippen molar-refractivity contribution in [2.75, 3.05) is 25.5 Å². The second-order valence-electron chi connectivity index (χ2n) is 9.30. The molecule has 0 saturated carbocycles. The average molecular weight is 470 g/mol. The highest BCUT2D eigenvalue weighted by Gasteiger charge is 2.28. The van der Waals surface area contributed by atoms with Gasteiger partial charge in [0.05, 0.1) is 24.8 Å². The van der Waals surface area contributed by atoms with Gasteiger partial charge in [0.25, 0.3) is 5.91 Å². The number of amides is 1. The van der Waals surface area contributed by atoms with E-state index >= 15 is 0 Å². The molecule has 0 saturated heterocycles. The third-order valence-corrected chi connectivity index (χ3v) is 5.98. The normalized spacial score (nSPS) is 13.9. The van der Waals surface area contributed by atoms with E-state index in [1.807, 2.05) is 48.5 Å². The SMILES string of the molecule is COc1ccc2c(c1)C(CC(=O)c1cccc(C(=O)NCCNc3ccccc3)c1)=NC(C)(C)C2. The Balaban J connectivity index is 1.42. The first kappa shape index (κ1) is 24.2. The molecule has 0 aromatic heterocycles. The summed E-state index contributed by atoms with van der Waals surface area (Å²) in [6.45, 7) is 5.22. The number of carbonyl (C=O) groups is 2. The van der Waals surface area contributed by atoms with Gasteiger partial charge in [0.2, 0.25) is 0 Å². The molecule has 0 aliphatic carbocycles. The lowest BCUT2D eigenvalue weighted by molar-refractivity contribution is 0.0955. The van der Waals surface area contributed by atoms with E-state index < -0.39 is 0 Å². The number of nitrogens with one attached hydrogen (secondary N) is 2. The number of para-hydroxylation sites is 1. The van der Waals surface area contributed by atoms with E-state index in [1.165, 1.54) is 0 Å². The molecule has 4 rings (SSSR count). The fourth-order valence-corrected chi connectivity index (χ4v) is 4.30. The molecule has 0 bridgehead atoms. The summed E-state index contributed by atoms with van der Waals surface area (Å²) < 4.78 is 5.39. The second kappa shape index (κ2) is 10.6. The van der Waals surface area contributed by atoms with Crippen LogP contribution in [-0.2, 0) is 6.42 Å². The fraction of sp³-hybridized carbons (Fsp3) is 0.276. The van der Waals surface area contributed by atoms with Crippen LogP contribution in [0.5, 0.6) is 5.75 Å². The van der Waals surface area contributed by atoms with Crippen molar-refractivity contribution in [2.45, 2.75) is 32.2 Å². The Hall–Kier alpha value is -3.93. The van der Waals surface area contributed by atoms with Gasteiger partial charge >= 0.3 is 0 Å². The zero-order chi connectivity index (χ0) is 24.8. The van der Waals surface area contributed by atoms with Crippen molar-refractivity contribution in [1.29, 1.82) is 0 Å². The van der Waals surface area contributed by atoms with Gasteiger partial charge in [0.1, 0.15) is 5.75 Å². The Labute approximate surface area is 206 Å². The monoisotopic (exact) mass is 469 g/mol. The number of hydrogen-bond donors (Lipinski definition) is 2. The van der Waals surface area contributed by atoms with Gasteiger partial charge < -0.3 is 15.4 Å². The van der Waals surface area contributed by atoms with Crippen LogP contribution in [0.1, 0.15) is 52.1 Å². The van der Waals surface area contributed by atoms with Gasteiger partial charge in [0, 0.05) is 35.5 Å². The Kier molecular flexibility index (Phi) is 7.30. The molecule has 0 radical (unpaired) electrons. The van der Waals surface area contributed by atoms with Crippen molar-refractivity contribution in [3.05, 3.63) is 95.1 Å². The molecule has 1 amide bonds. The molecule has 1 aliphatic rings. The first-order valence-electron chi connectivity index (χ1n) is 11.8. The van der Waals surface area contributed by atoms with E-state index in [1.54, 1.807) is 31.4 Å². The van der Waals surface area contributed by atoms with E-state index in [9.17, 15) is 9.59 Å². The van der Waals surface area contributed by atoms with Crippen LogP contribution in [0.2, 0.25) is 0 Å². The lowest BCUT2D eigenvalue weighted by Gasteiger charge is -2.29. The van der Waals surface area contributed by atoms with Crippen LogP contribution in [-0.4, -0.2) is 43.1 Å².